The van der Waals surface area contributed by atoms with Crippen LogP contribution in [-0.2, 0) is 0 Å². The van der Waals surface area contributed by atoms with Crippen LogP contribution < -0.4 is 10.5 Å². The molecule has 1 aromatic carbocycles. The fourth-order valence-electron chi connectivity index (χ4n) is 2.29. The van der Waals surface area contributed by atoms with Gasteiger partial charge in [0.15, 0.2) is 11.6 Å². The predicted molar refractivity (Wildman–Crippen MR) is 63.9 cm³/mol. The topological polar surface area (TPSA) is 78.4 Å². The maximum absolute atomic E-state index is 13.6. The first-order valence-corrected chi connectivity index (χ1v) is 5.92. The van der Waals surface area contributed by atoms with Gasteiger partial charge in [-0.05, 0) is 31.9 Å². The molecule has 0 aromatic heterocycles. The zero-order chi connectivity index (χ0) is 13.1. The Kier molecular flexibility index (Phi) is 3.76. The molecule has 0 amide bonds. The fourth-order valence-corrected chi connectivity index (χ4v) is 2.29. The molecule has 0 heterocycles. The Labute approximate surface area is 104 Å². The third-order valence-electron chi connectivity index (χ3n) is 3.30. The van der Waals surface area contributed by atoms with E-state index in [-0.39, 0.29) is 23.5 Å². The zero-order valence-corrected chi connectivity index (χ0v) is 9.84. The highest BCUT2D eigenvalue weighted by Crippen LogP contribution is 2.31. The molecule has 98 valence electrons. The maximum Gasteiger partial charge on any atom is 0.272 e. The summed E-state index contributed by atoms with van der Waals surface area (Å²) in [5.41, 5.74) is 5.34. The smallest absolute Gasteiger partial charge is 0.272 e. The van der Waals surface area contributed by atoms with Gasteiger partial charge in [-0.2, -0.15) is 0 Å². The second kappa shape index (κ2) is 5.30. The number of rotatable bonds is 4. The molecule has 1 aliphatic carbocycles. The van der Waals surface area contributed by atoms with Crippen LogP contribution in [-0.4, -0.2) is 17.6 Å². The summed E-state index contributed by atoms with van der Waals surface area (Å²) in [6.45, 7) is 0.513. The number of hydrogen-bond donors (Lipinski definition) is 1. The first-order chi connectivity index (χ1) is 8.61. The Morgan fingerprint density at radius 2 is 2.28 bits per heavy atom. The highest BCUT2D eigenvalue weighted by molar-refractivity contribution is 5.37. The van der Waals surface area contributed by atoms with E-state index in [1.165, 1.54) is 12.1 Å². The van der Waals surface area contributed by atoms with E-state index in [0.717, 1.165) is 25.3 Å². The third-order valence-corrected chi connectivity index (χ3v) is 3.30. The number of halogens is 1. The largest absolute Gasteiger partial charge is 0.487 e. The minimum Gasteiger partial charge on any atom is -0.487 e. The van der Waals surface area contributed by atoms with E-state index in [1.54, 1.807) is 0 Å². The number of nitro benzene ring substituents is 1. The molecule has 0 aliphatic heterocycles. The number of benzene rings is 1. The molecule has 1 aromatic rings. The van der Waals surface area contributed by atoms with Gasteiger partial charge in [-0.1, -0.05) is 0 Å². The van der Waals surface area contributed by atoms with Gasteiger partial charge in [0.25, 0.3) is 5.69 Å². The second-order valence-corrected chi connectivity index (χ2v) is 4.45. The van der Waals surface area contributed by atoms with E-state index >= 15 is 0 Å². The van der Waals surface area contributed by atoms with E-state index in [4.69, 9.17) is 10.5 Å². The first kappa shape index (κ1) is 12.8. The lowest BCUT2D eigenvalue weighted by Gasteiger charge is -2.20. The molecular formula is C12H15FN2O3. The van der Waals surface area contributed by atoms with Crippen molar-refractivity contribution in [2.45, 2.75) is 25.4 Å². The number of nitrogens with two attached hydrogens (primary N) is 1. The molecular weight excluding hydrogens is 239 g/mol. The molecule has 0 saturated heterocycles. The van der Waals surface area contributed by atoms with Crippen molar-refractivity contribution in [2.24, 2.45) is 11.7 Å². The highest BCUT2D eigenvalue weighted by Gasteiger charge is 2.28. The second-order valence-electron chi connectivity index (χ2n) is 4.45. The van der Waals surface area contributed by atoms with Crippen molar-refractivity contribution >= 4 is 5.69 Å². The van der Waals surface area contributed by atoms with Gasteiger partial charge >= 0.3 is 0 Å². The lowest BCUT2D eigenvalue weighted by molar-refractivity contribution is -0.385. The molecule has 0 bridgehead atoms. The molecule has 0 radical (unpaired) electrons. The van der Waals surface area contributed by atoms with Crippen LogP contribution in [0.15, 0.2) is 18.2 Å². The summed E-state index contributed by atoms with van der Waals surface area (Å²) in [5.74, 6) is -0.405. The van der Waals surface area contributed by atoms with Crippen molar-refractivity contribution in [3.8, 4) is 5.75 Å². The quantitative estimate of drug-likeness (QED) is 0.660. The number of non-ortho nitro benzene ring substituents is 1. The minimum atomic E-state index is -0.702. The van der Waals surface area contributed by atoms with Gasteiger partial charge in [-0.15, -0.1) is 0 Å². The molecule has 2 unspecified atom stereocenters. The third kappa shape index (κ3) is 2.59. The molecule has 18 heavy (non-hydrogen) atoms. The summed E-state index contributed by atoms with van der Waals surface area (Å²) in [6.07, 6.45) is 2.75. The van der Waals surface area contributed by atoms with Crippen LogP contribution >= 0.6 is 0 Å². The van der Waals surface area contributed by atoms with Gasteiger partial charge in [0.2, 0.25) is 0 Å². The van der Waals surface area contributed by atoms with Gasteiger partial charge in [0.05, 0.1) is 11.0 Å². The van der Waals surface area contributed by atoms with E-state index in [9.17, 15) is 14.5 Å². The molecule has 2 N–H and O–H groups in total. The first-order valence-electron chi connectivity index (χ1n) is 5.92. The lowest BCUT2D eigenvalue weighted by atomic mass is 10.1. The van der Waals surface area contributed by atoms with E-state index in [2.05, 4.69) is 0 Å². The molecule has 5 nitrogen and oxygen atoms in total. The summed E-state index contributed by atoms with van der Waals surface area (Å²) < 4.78 is 19.2. The van der Waals surface area contributed by atoms with Gasteiger partial charge in [-0.25, -0.2) is 4.39 Å². The van der Waals surface area contributed by atoms with Crippen molar-refractivity contribution in [1.82, 2.24) is 0 Å². The molecule has 1 saturated carbocycles. The summed E-state index contributed by atoms with van der Waals surface area (Å²) in [5, 5.41) is 10.5. The van der Waals surface area contributed by atoms with Crippen LogP contribution in [0, 0.1) is 21.8 Å². The van der Waals surface area contributed by atoms with Crippen molar-refractivity contribution < 1.29 is 14.1 Å². The summed E-state index contributed by atoms with van der Waals surface area (Å²) in [7, 11) is 0. The normalized spacial score (nSPS) is 23.0. The number of nitro groups is 1. The van der Waals surface area contributed by atoms with Crippen LogP contribution in [0.5, 0.6) is 5.75 Å². The van der Waals surface area contributed by atoms with Crippen LogP contribution in [0.1, 0.15) is 19.3 Å². The molecule has 6 heteroatoms. The molecule has 1 aliphatic rings. The monoisotopic (exact) mass is 254 g/mol. The highest BCUT2D eigenvalue weighted by atomic mass is 19.1. The molecule has 2 rings (SSSR count). The number of nitrogens with zero attached hydrogens (tertiary/aromatic N) is 1. The van der Waals surface area contributed by atoms with Gasteiger partial charge < -0.3 is 10.5 Å². The van der Waals surface area contributed by atoms with Crippen LogP contribution in [0.25, 0.3) is 0 Å². The Morgan fingerprint density at radius 1 is 1.50 bits per heavy atom. The summed E-state index contributed by atoms with van der Waals surface area (Å²) in [4.78, 5) is 9.86. The Morgan fingerprint density at radius 3 is 2.89 bits per heavy atom. The van der Waals surface area contributed by atoms with Gasteiger partial charge in [0.1, 0.15) is 6.10 Å². The Bertz CT molecular complexity index is 453. The summed E-state index contributed by atoms with van der Waals surface area (Å²) >= 11 is 0. The molecule has 2 atom stereocenters. The van der Waals surface area contributed by atoms with Crippen molar-refractivity contribution in [2.75, 3.05) is 6.54 Å². The van der Waals surface area contributed by atoms with Crippen molar-refractivity contribution in [3.63, 3.8) is 0 Å². The average Bonchev–Trinajstić information content (AvgIpc) is 2.78. The zero-order valence-electron chi connectivity index (χ0n) is 9.84. The maximum atomic E-state index is 13.6. The Balaban J connectivity index is 2.12. The Hall–Kier alpha value is -1.69. The fraction of sp³-hybridized carbons (Fsp3) is 0.500. The number of hydrogen-bond acceptors (Lipinski definition) is 4. The van der Waals surface area contributed by atoms with Crippen molar-refractivity contribution in [1.29, 1.82) is 0 Å². The lowest BCUT2D eigenvalue weighted by Crippen LogP contribution is -2.27. The standard InChI is InChI=1S/C12H15FN2O3/c13-10-6-9(15(16)17)4-5-12(10)18-11-3-1-2-8(11)7-14/h4-6,8,11H,1-3,7,14H2. The van der Waals surface area contributed by atoms with E-state index in [1.807, 2.05) is 0 Å². The minimum absolute atomic E-state index is 0.0611. The molecule has 1 fully saturated rings. The van der Waals surface area contributed by atoms with Crippen molar-refractivity contribution in [3.05, 3.63) is 34.1 Å². The predicted octanol–water partition coefficient (Wildman–Crippen LogP) is 2.24. The van der Waals surface area contributed by atoms with Crippen LogP contribution in [0.3, 0.4) is 0 Å². The SMILES string of the molecule is NCC1CCCC1Oc1ccc([N+](=O)[O-])cc1F. The van der Waals surface area contributed by atoms with Gasteiger partial charge in [0, 0.05) is 12.0 Å². The van der Waals surface area contributed by atoms with Crippen LogP contribution in [0.4, 0.5) is 10.1 Å². The summed E-state index contributed by atoms with van der Waals surface area (Å²) in [6, 6.07) is 3.42. The van der Waals surface area contributed by atoms with E-state index < -0.39 is 10.7 Å². The molecule has 0 spiro atoms. The van der Waals surface area contributed by atoms with Crippen LogP contribution in [0.2, 0.25) is 0 Å². The van der Waals surface area contributed by atoms with Gasteiger partial charge in [-0.3, -0.25) is 10.1 Å². The number of ether oxygens (including phenoxy) is 1. The van der Waals surface area contributed by atoms with E-state index in [0.29, 0.717) is 6.54 Å². The average molecular weight is 254 g/mol.